The van der Waals surface area contributed by atoms with E-state index in [1.807, 2.05) is 0 Å². The van der Waals surface area contributed by atoms with Crippen LogP contribution >= 0.6 is 11.6 Å². The van der Waals surface area contributed by atoms with Gasteiger partial charge in [-0.2, -0.15) is 13.2 Å². The largest absolute Gasteiger partial charge is 0.417 e. The second-order valence-corrected chi connectivity index (χ2v) is 5.76. The molecular weight excluding hydrogens is 345 g/mol. The first-order valence-electron chi connectivity index (χ1n) is 7.09. The molecular formula is C15H12ClF3N4O. The third kappa shape index (κ3) is 3.94. The molecule has 3 rings (SSSR count). The van der Waals surface area contributed by atoms with Gasteiger partial charge in [0.05, 0.1) is 10.6 Å². The molecule has 1 aromatic carbocycles. The Kier molecular flexibility index (Phi) is 4.31. The average molecular weight is 357 g/mol. The standard InChI is InChI=1S/C15H12ClF3N4O/c16-11-4-3-9(5-10(11)15(17,18)19)23-14(24)12-6-13(21-7-20-12)22-8-1-2-8/h3-8H,1-2H2,(H,23,24)(H,20,21,22). The van der Waals surface area contributed by atoms with Gasteiger partial charge in [-0.25, -0.2) is 9.97 Å². The van der Waals surface area contributed by atoms with Crippen molar-refractivity contribution in [2.75, 3.05) is 10.6 Å². The molecule has 1 aliphatic rings. The highest BCUT2D eigenvalue weighted by Crippen LogP contribution is 2.36. The molecule has 5 nitrogen and oxygen atoms in total. The van der Waals surface area contributed by atoms with E-state index in [0.717, 1.165) is 25.0 Å². The van der Waals surface area contributed by atoms with Crippen LogP contribution in [0.2, 0.25) is 5.02 Å². The van der Waals surface area contributed by atoms with Crippen molar-refractivity contribution in [2.24, 2.45) is 0 Å². The number of benzene rings is 1. The van der Waals surface area contributed by atoms with Gasteiger partial charge in [-0.1, -0.05) is 11.6 Å². The van der Waals surface area contributed by atoms with Gasteiger partial charge in [-0.05, 0) is 31.0 Å². The van der Waals surface area contributed by atoms with Gasteiger partial charge in [0.25, 0.3) is 5.91 Å². The van der Waals surface area contributed by atoms with Gasteiger partial charge in [0, 0.05) is 17.8 Å². The van der Waals surface area contributed by atoms with E-state index in [0.29, 0.717) is 11.9 Å². The van der Waals surface area contributed by atoms with Crippen LogP contribution in [-0.4, -0.2) is 21.9 Å². The number of hydrogen-bond acceptors (Lipinski definition) is 4. The van der Waals surface area contributed by atoms with Crippen LogP contribution in [0.3, 0.4) is 0 Å². The van der Waals surface area contributed by atoms with E-state index in [1.54, 1.807) is 0 Å². The lowest BCUT2D eigenvalue weighted by molar-refractivity contribution is -0.137. The fourth-order valence-electron chi connectivity index (χ4n) is 2.01. The first-order valence-corrected chi connectivity index (χ1v) is 7.47. The third-order valence-electron chi connectivity index (χ3n) is 3.36. The van der Waals surface area contributed by atoms with Crippen molar-refractivity contribution in [2.45, 2.75) is 25.1 Å². The molecule has 2 aromatic rings. The molecule has 0 unspecified atom stereocenters. The molecule has 1 fully saturated rings. The minimum atomic E-state index is -4.60. The van der Waals surface area contributed by atoms with E-state index in [1.165, 1.54) is 18.5 Å². The summed E-state index contributed by atoms with van der Waals surface area (Å²) in [5.74, 6) is -0.128. The highest BCUT2D eigenvalue weighted by atomic mass is 35.5. The number of carbonyl (C=O) groups excluding carboxylic acids is 1. The lowest BCUT2D eigenvalue weighted by atomic mass is 10.2. The minimum absolute atomic E-state index is 0.0213. The molecule has 0 atom stereocenters. The molecule has 126 valence electrons. The van der Waals surface area contributed by atoms with Gasteiger partial charge < -0.3 is 10.6 Å². The molecule has 1 aliphatic carbocycles. The van der Waals surface area contributed by atoms with Crippen molar-refractivity contribution in [3.8, 4) is 0 Å². The average Bonchev–Trinajstić information content (AvgIpc) is 3.32. The van der Waals surface area contributed by atoms with Crippen LogP contribution in [0.4, 0.5) is 24.7 Å². The molecule has 1 aromatic heterocycles. The summed E-state index contributed by atoms with van der Waals surface area (Å²) in [6.45, 7) is 0. The zero-order valence-electron chi connectivity index (χ0n) is 12.2. The summed E-state index contributed by atoms with van der Waals surface area (Å²) < 4.78 is 38.5. The van der Waals surface area contributed by atoms with Crippen molar-refractivity contribution < 1.29 is 18.0 Å². The Morgan fingerprint density at radius 1 is 1.21 bits per heavy atom. The Labute approximate surface area is 140 Å². The summed E-state index contributed by atoms with van der Waals surface area (Å²) in [5.41, 5.74) is -0.982. The van der Waals surface area contributed by atoms with Crippen LogP contribution in [0, 0.1) is 0 Å². The number of alkyl halides is 3. The van der Waals surface area contributed by atoms with Crippen molar-refractivity contribution in [1.82, 2.24) is 9.97 Å². The van der Waals surface area contributed by atoms with Crippen molar-refractivity contribution >= 4 is 29.0 Å². The predicted octanol–water partition coefficient (Wildman–Crippen LogP) is 3.98. The topological polar surface area (TPSA) is 66.9 Å². The minimum Gasteiger partial charge on any atom is -0.367 e. The maximum absolute atomic E-state index is 12.8. The molecule has 0 spiro atoms. The van der Waals surface area contributed by atoms with E-state index >= 15 is 0 Å². The summed E-state index contributed by atoms with van der Waals surface area (Å²) in [4.78, 5) is 20.0. The lowest BCUT2D eigenvalue weighted by Crippen LogP contribution is -2.16. The number of halogens is 4. The molecule has 0 radical (unpaired) electrons. The fourth-order valence-corrected chi connectivity index (χ4v) is 2.24. The number of rotatable bonds is 4. The van der Waals surface area contributed by atoms with Gasteiger partial charge in [0.2, 0.25) is 0 Å². The molecule has 9 heteroatoms. The third-order valence-corrected chi connectivity index (χ3v) is 3.69. The Morgan fingerprint density at radius 2 is 1.96 bits per heavy atom. The van der Waals surface area contributed by atoms with Crippen molar-refractivity contribution in [3.05, 3.63) is 46.9 Å². The van der Waals surface area contributed by atoms with E-state index in [9.17, 15) is 18.0 Å². The van der Waals surface area contributed by atoms with Crippen molar-refractivity contribution in [1.29, 1.82) is 0 Å². The lowest BCUT2D eigenvalue weighted by Gasteiger charge is -2.12. The number of aromatic nitrogens is 2. The summed E-state index contributed by atoms with van der Waals surface area (Å²) in [5, 5.41) is 5.06. The van der Waals surface area contributed by atoms with E-state index in [4.69, 9.17) is 11.6 Å². The Hall–Kier alpha value is -2.35. The molecule has 1 heterocycles. The second-order valence-electron chi connectivity index (χ2n) is 5.35. The van der Waals surface area contributed by atoms with Crippen LogP contribution in [0.15, 0.2) is 30.6 Å². The number of nitrogens with one attached hydrogen (secondary N) is 2. The monoisotopic (exact) mass is 356 g/mol. The summed E-state index contributed by atoms with van der Waals surface area (Å²) in [7, 11) is 0. The predicted molar refractivity (Wildman–Crippen MR) is 83.1 cm³/mol. The number of anilines is 2. The summed E-state index contributed by atoms with van der Waals surface area (Å²) >= 11 is 5.55. The zero-order valence-corrected chi connectivity index (χ0v) is 12.9. The maximum atomic E-state index is 12.8. The Bertz CT molecular complexity index is 778. The molecule has 1 saturated carbocycles. The Balaban J connectivity index is 1.77. The smallest absolute Gasteiger partial charge is 0.367 e. The van der Waals surface area contributed by atoms with Crippen LogP contribution < -0.4 is 10.6 Å². The first-order chi connectivity index (χ1) is 11.3. The summed E-state index contributed by atoms with van der Waals surface area (Å²) in [6, 6.07) is 4.96. The van der Waals surface area contributed by atoms with Gasteiger partial charge in [-0.15, -0.1) is 0 Å². The number of hydrogen-bond donors (Lipinski definition) is 2. The molecule has 0 aliphatic heterocycles. The SMILES string of the molecule is O=C(Nc1ccc(Cl)c(C(F)(F)F)c1)c1cc(NC2CC2)ncn1. The van der Waals surface area contributed by atoms with E-state index in [2.05, 4.69) is 20.6 Å². The number of nitrogens with zero attached hydrogens (tertiary/aromatic N) is 2. The first kappa shape index (κ1) is 16.5. The maximum Gasteiger partial charge on any atom is 0.417 e. The number of carbonyl (C=O) groups is 1. The van der Waals surface area contributed by atoms with Crippen LogP contribution in [-0.2, 0) is 6.18 Å². The summed E-state index contributed by atoms with van der Waals surface area (Å²) in [6.07, 6.45) is -1.30. The van der Waals surface area contributed by atoms with Gasteiger partial charge in [-0.3, -0.25) is 4.79 Å². The molecule has 2 N–H and O–H groups in total. The molecule has 1 amide bonds. The van der Waals surface area contributed by atoms with Gasteiger partial charge in [0.15, 0.2) is 0 Å². The Morgan fingerprint density at radius 3 is 2.62 bits per heavy atom. The number of amides is 1. The van der Waals surface area contributed by atoms with Crippen molar-refractivity contribution in [3.63, 3.8) is 0 Å². The van der Waals surface area contributed by atoms with Crippen LogP contribution in [0.25, 0.3) is 0 Å². The van der Waals surface area contributed by atoms with Gasteiger partial charge in [0.1, 0.15) is 17.8 Å². The second kappa shape index (κ2) is 6.27. The quantitative estimate of drug-likeness (QED) is 0.869. The zero-order chi connectivity index (χ0) is 17.3. The molecule has 0 saturated heterocycles. The van der Waals surface area contributed by atoms with Crippen LogP contribution in [0.1, 0.15) is 28.9 Å². The highest BCUT2D eigenvalue weighted by molar-refractivity contribution is 6.31. The van der Waals surface area contributed by atoms with E-state index in [-0.39, 0.29) is 11.4 Å². The fraction of sp³-hybridized carbons (Fsp3) is 0.267. The van der Waals surface area contributed by atoms with Gasteiger partial charge >= 0.3 is 6.18 Å². The molecule has 0 bridgehead atoms. The normalized spacial score (nSPS) is 14.3. The van der Waals surface area contributed by atoms with E-state index < -0.39 is 22.7 Å². The molecule has 24 heavy (non-hydrogen) atoms. The highest BCUT2D eigenvalue weighted by Gasteiger charge is 2.33. The van der Waals surface area contributed by atoms with Crippen LogP contribution in [0.5, 0.6) is 0 Å².